The van der Waals surface area contributed by atoms with Gasteiger partial charge in [-0.3, -0.25) is 4.79 Å². The lowest BCUT2D eigenvalue weighted by molar-refractivity contribution is -0.128. The molecule has 0 bridgehead atoms. The van der Waals surface area contributed by atoms with Crippen LogP contribution >= 0.6 is 11.6 Å². The second-order valence-electron chi connectivity index (χ2n) is 5.44. The first-order chi connectivity index (χ1) is 10.4. The minimum atomic E-state index is -0.214. The minimum Gasteiger partial charge on any atom is -0.341 e. The van der Waals surface area contributed by atoms with Crippen LogP contribution < -0.4 is 10.6 Å². The predicted molar refractivity (Wildman–Crippen MR) is 89.1 cm³/mol. The summed E-state index contributed by atoms with van der Waals surface area (Å²) in [4.78, 5) is 24.9. The van der Waals surface area contributed by atoms with Crippen molar-refractivity contribution in [2.75, 3.05) is 19.6 Å². The number of nitrogens with one attached hydrogen (secondary N) is 2. The van der Waals surface area contributed by atoms with E-state index in [-0.39, 0.29) is 18.0 Å². The monoisotopic (exact) mass is 325 g/mol. The van der Waals surface area contributed by atoms with Crippen LogP contribution in [0.25, 0.3) is 0 Å². The van der Waals surface area contributed by atoms with Gasteiger partial charge < -0.3 is 15.5 Å². The van der Waals surface area contributed by atoms with Crippen LogP contribution in [0, 0.1) is 0 Å². The van der Waals surface area contributed by atoms with Gasteiger partial charge in [0.1, 0.15) is 0 Å². The lowest BCUT2D eigenvalue weighted by Crippen LogP contribution is -2.44. The lowest BCUT2D eigenvalue weighted by atomic mass is 10.1. The van der Waals surface area contributed by atoms with E-state index in [4.69, 9.17) is 11.6 Å². The molecule has 122 valence electrons. The molecule has 1 aromatic rings. The fourth-order valence-electron chi connectivity index (χ4n) is 2.00. The molecule has 1 rings (SSSR count). The summed E-state index contributed by atoms with van der Waals surface area (Å²) in [5, 5.41) is 6.18. The van der Waals surface area contributed by atoms with Crippen LogP contribution in [0.5, 0.6) is 0 Å². The molecular weight excluding hydrogens is 302 g/mol. The number of rotatable bonds is 7. The topological polar surface area (TPSA) is 61.4 Å². The molecule has 6 heteroatoms. The van der Waals surface area contributed by atoms with Crippen LogP contribution in [0.3, 0.4) is 0 Å². The van der Waals surface area contributed by atoms with Crippen LogP contribution in [0.2, 0.25) is 5.02 Å². The molecule has 3 amide bonds. The number of carbonyl (C=O) groups is 2. The van der Waals surface area contributed by atoms with Gasteiger partial charge in [0.15, 0.2) is 0 Å². The lowest BCUT2D eigenvalue weighted by Gasteiger charge is -2.21. The van der Waals surface area contributed by atoms with Crippen molar-refractivity contribution in [2.24, 2.45) is 0 Å². The number of nitrogens with zero attached hydrogens (tertiary/aromatic N) is 1. The Morgan fingerprint density at radius 2 is 2.00 bits per heavy atom. The number of urea groups is 1. The van der Waals surface area contributed by atoms with Crippen molar-refractivity contribution in [1.82, 2.24) is 15.5 Å². The molecule has 2 N–H and O–H groups in total. The van der Waals surface area contributed by atoms with Gasteiger partial charge >= 0.3 is 6.03 Å². The molecule has 0 aliphatic carbocycles. The van der Waals surface area contributed by atoms with E-state index in [9.17, 15) is 9.59 Å². The Morgan fingerprint density at radius 1 is 1.27 bits per heavy atom. The highest BCUT2D eigenvalue weighted by Gasteiger charge is 2.09. The summed E-state index contributed by atoms with van der Waals surface area (Å²) in [7, 11) is 0. The fraction of sp³-hybridized carbons (Fsp3) is 0.500. The molecule has 0 saturated carbocycles. The van der Waals surface area contributed by atoms with Gasteiger partial charge in [-0.1, -0.05) is 23.7 Å². The summed E-state index contributed by atoms with van der Waals surface area (Å²) in [6.45, 7) is 6.84. The van der Waals surface area contributed by atoms with Crippen LogP contribution in [-0.2, 0) is 11.2 Å². The summed E-state index contributed by atoms with van der Waals surface area (Å²) in [6.07, 6.45) is 0.734. The van der Waals surface area contributed by atoms with E-state index in [0.717, 1.165) is 12.0 Å². The molecule has 0 unspecified atom stereocenters. The molecular formula is C16H24ClN3O2. The zero-order chi connectivity index (χ0) is 16.5. The van der Waals surface area contributed by atoms with Gasteiger partial charge in [0, 0.05) is 37.6 Å². The van der Waals surface area contributed by atoms with Crippen molar-refractivity contribution in [3.05, 3.63) is 34.9 Å². The Labute approximate surface area is 137 Å². The number of benzene rings is 1. The number of hydrogen-bond donors (Lipinski definition) is 2. The van der Waals surface area contributed by atoms with Crippen LogP contribution in [0.4, 0.5) is 4.79 Å². The van der Waals surface area contributed by atoms with E-state index in [1.54, 1.807) is 4.90 Å². The van der Waals surface area contributed by atoms with Gasteiger partial charge in [-0.05, 0) is 38.0 Å². The molecule has 0 radical (unpaired) electrons. The van der Waals surface area contributed by atoms with Crippen molar-refractivity contribution in [3.8, 4) is 0 Å². The van der Waals surface area contributed by atoms with Gasteiger partial charge in [-0.2, -0.15) is 0 Å². The van der Waals surface area contributed by atoms with Gasteiger partial charge in [0.2, 0.25) is 5.91 Å². The summed E-state index contributed by atoms with van der Waals surface area (Å²) in [5.74, 6) is -0.00639. The molecule has 0 atom stereocenters. The Kier molecular flexibility index (Phi) is 7.74. The molecule has 5 nitrogen and oxygen atoms in total. The van der Waals surface area contributed by atoms with Gasteiger partial charge in [-0.25, -0.2) is 4.79 Å². The normalized spacial score (nSPS) is 10.4. The Balaban J connectivity index is 2.39. The first kappa shape index (κ1) is 18.3. The first-order valence-corrected chi connectivity index (χ1v) is 7.80. The minimum absolute atomic E-state index is 0.00639. The highest BCUT2D eigenvalue weighted by atomic mass is 35.5. The summed E-state index contributed by atoms with van der Waals surface area (Å²) in [6, 6.07) is 7.48. The third kappa shape index (κ3) is 7.31. The third-order valence-electron chi connectivity index (χ3n) is 3.09. The van der Waals surface area contributed by atoms with E-state index >= 15 is 0 Å². The maximum atomic E-state index is 11.7. The van der Waals surface area contributed by atoms with E-state index in [0.29, 0.717) is 24.7 Å². The molecule has 0 saturated heterocycles. The SMILES string of the molecule is CC(=O)N(CCNC(=O)NC(C)C)CCc1cccc(Cl)c1. The first-order valence-electron chi connectivity index (χ1n) is 7.43. The third-order valence-corrected chi connectivity index (χ3v) is 3.33. The van der Waals surface area contributed by atoms with Crippen molar-refractivity contribution >= 4 is 23.5 Å². The summed E-state index contributed by atoms with van der Waals surface area (Å²) >= 11 is 5.95. The molecule has 0 aromatic heterocycles. The summed E-state index contributed by atoms with van der Waals surface area (Å²) in [5.41, 5.74) is 1.09. The second-order valence-corrected chi connectivity index (χ2v) is 5.88. The summed E-state index contributed by atoms with van der Waals surface area (Å²) < 4.78 is 0. The molecule has 0 spiro atoms. The van der Waals surface area contributed by atoms with Crippen molar-refractivity contribution < 1.29 is 9.59 Å². The van der Waals surface area contributed by atoms with Crippen LogP contribution in [0.15, 0.2) is 24.3 Å². The largest absolute Gasteiger partial charge is 0.341 e. The van der Waals surface area contributed by atoms with Crippen molar-refractivity contribution in [2.45, 2.75) is 33.2 Å². The Bertz CT molecular complexity index is 506. The average molecular weight is 326 g/mol. The van der Waals surface area contributed by atoms with Crippen LogP contribution in [0.1, 0.15) is 26.3 Å². The van der Waals surface area contributed by atoms with Crippen molar-refractivity contribution in [3.63, 3.8) is 0 Å². The van der Waals surface area contributed by atoms with E-state index in [1.165, 1.54) is 6.92 Å². The zero-order valence-corrected chi connectivity index (χ0v) is 14.1. The van der Waals surface area contributed by atoms with E-state index in [1.807, 2.05) is 38.1 Å². The molecule has 22 heavy (non-hydrogen) atoms. The molecule has 0 aliphatic heterocycles. The number of carbonyl (C=O) groups excluding carboxylic acids is 2. The van der Waals surface area contributed by atoms with Gasteiger partial charge in [0.25, 0.3) is 0 Å². The number of halogens is 1. The van der Waals surface area contributed by atoms with Gasteiger partial charge in [-0.15, -0.1) is 0 Å². The molecule has 0 aliphatic rings. The molecule has 1 aromatic carbocycles. The van der Waals surface area contributed by atoms with Gasteiger partial charge in [0.05, 0.1) is 0 Å². The quantitative estimate of drug-likeness (QED) is 0.809. The number of amides is 3. The van der Waals surface area contributed by atoms with Crippen LogP contribution in [-0.4, -0.2) is 42.5 Å². The predicted octanol–water partition coefficient (Wildman–Crippen LogP) is 2.44. The standard InChI is InChI=1S/C16H24ClN3O2/c1-12(2)19-16(22)18-8-10-20(13(3)21)9-7-14-5-4-6-15(17)11-14/h4-6,11-12H,7-10H2,1-3H3,(H2,18,19,22). The number of hydrogen-bond acceptors (Lipinski definition) is 2. The Hall–Kier alpha value is -1.75. The highest BCUT2D eigenvalue weighted by molar-refractivity contribution is 6.30. The van der Waals surface area contributed by atoms with Crippen molar-refractivity contribution in [1.29, 1.82) is 0 Å². The molecule has 0 fully saturated rings. The zero-order valence-electron chi connectivity index (χ0n) is 13.4. The Morgan fingerprint density at radius 3 is 2.59 bits per heavy atom. The second kappa shape index (κ2) is 9.30. The smallest absolute Gasteiger partial charge is 0.315 e. The van der Waals surface area contributed by atoms with E-state index < -0.39 is 0 Å². The fourth-order valence-corrected chi connectivity index (χ4v) is 2.21. The van der Waals surface area contributed by atoms with E-state index in [2.05, 4.69) is 10.6 Å². The molecule has 0 heterocycles. The maximum Gasteiger partial charge on any atom is 0.315 e. The highest BCUT2D eigenvalue weighted by Crippen LogP contribution is 2.11. The average Bonchev–Trinajstić information content (AvgIpc) is 2.41. The maximum absolute atomic E-state index is 11.7.